The minimum Gasteiger partial charge on any atom is -0.207 e. The van der Waals surface area contributed by atoms with Crippen LogP contribution in [0, 0.1) is 17.1 Å². The van der Waals surface area contributed by atoms with Gasteiger partial charge < -0.3 is 0 Å². The van der Waals surface area contributed by atoms with Gasteiger partial charge in [0.1, 0.15) is 11.9 Å². The summed E-state index contributed by atoms with van der Waals surface area (Å²) >= 11 is 3.85. The first-order chi connectivity index (χ1) is 5.77. The number of nitriles is 1. The highest BCUT2D eigenvalue weighted by Crippen LogP contribution is 2.14. The van der Waals surface area contributed by atoms with E-state index in [0.717, 1.165) is 0 Å². The summed E-state index contributed by atoms with van der Waals surface area (Å²) in [5.41, 5.74) is 1.10. The molecule has 1 aromatic rings. The maximum absolute atomic E-state index is 12.4. The Kier molecular flexibility index (Phi) is 2.89. The van der Waals surface area contributed by atoms with Gasteiger partial charge in [-0.05, 0) is 23.1 Å². The lowest BCUT2D eigenvalue weighted by Gasteiger charge is -1.95. The summed E-state index contributed by atoms with van der Waals surface area (Å²) in [5, 5.41) is 9.98. The Hall–Kier alpha value is -1.27. The molecule has 60 valence electrons. The van der Waals surface area contributed by atoms with Gasteiger partial charge in [0.2, 0.25) is 0 Å². The summed E-state index contributed by atoms with van der Waals surface area (Å²) < 4.78 is 12.4. The van der Waals surface area contributed by atoms with Crippen LogP contribution in [0.15, 0.2) is 29.7 Å². The second-order valence-electron chi connectivity index (χ2n) is 2.16. The van der Waals surface area contributed by atoms with Crippen LogP contribution >= 0.6 is 12.6 Å². The molecule has 0 aliphatic carbocycles. The number of halogens is 1. The van der Waals surface area contributed by atoms with Gasteiger partial charge in [-0.2, -0.15) is 17.9 Å². The lowest BCUT2D eigenvalue weighted by molar-refractivity contribution is 0.627. The van der Waals surface area contributed by atoms with Gasteiger partial charge in [-0.1, -0.05) is 12.1 Å². The van der Waals surface area contributed by atoms with Crippen molar-refractivity contribution in [2.24, 2.45) is 0 Å². The van der Waals surface area contributed by atoms with Crippen molar-refractivity contribution >= 4 is 18.2 Å². The zero-order valence-corrected chi connectivity index (χ0v) is 7.05. The van der Waals surface area contributed by atoms with E-state index in [1.54, 1.807) is 12.1 Å². The van der Waals surface area contributed by atoms with Gasteiger partial charge in [-0.3, -0.25) is 0 Å². The third-order valence-electron chi connectivity index (χ3n) is 1.40. The third kappa shape index (κ3) is 1.86. The lowest BCUT2D eigenvalue weighted by Crippen LogP contribution is -1.80. The van der Waals surface area contributed by atoms with Gasteiger partial charge in [0, 0.05) is 0 Å². The van der Waals surface area contributed by atoms with E-state index < -0.39 is 0 Å². The van der Waals surface area contributed by atoms with E-state index in [9.17, 15) is 4.39 Å². The maximum atomic E-state index is 12.4. The summed E-state index contributed by atoms with van der Waals surface area (Å²) in [4.78, 5) is 0. The van der Waals surface area contributed by atoms with E-state index in [-0.39, 0.29) is 5.82 Å². The zero-order valence-electron chi connectivity index (χ0n) is 6.16. The van der Waals surface area contributed by atoms with Crippen LogP contribution in [-0.2, 0) is 0 Å². The summed E-state index contributed by atoms with van der Waals surface area (Å²) in [6.45, 7) is 0. The smallest absolute Gasteiger partial charge is 0.123 e. The monoisotopic (exact) mass is 179 g/mol. The molecule has 0 amide bonds. The van der Waals surface area contributed by atoms with Gasteiger partial charge in [-0.25, -0.2) is 4.39 Å². The number of nitrogens with zero attached hydrogens (tertiary/aromatic N) is 1. The van der Waals surface area contributed by atoms with E-state index >= 15 is 0 Å². The molecule has 0 N–H and O–H groups in total. The number of rotatable bonds is 1. The van der Waals surface area contributed by atoms with E-state index in [1.165, 1.54) is 17.5 Å². The number of hydrogen-bond donors (Lipinski definition) is 1. The number of allylic oxidation sites excluding steroid dienone is 1. The molecular weight excluding hydrogens is 173 g/mol. The predicted molar refractivity (Wildman–Crippen MR) is 49.0 cm³/mol. The number of hydrogen-bond acceptors (Lipinski definition) is 2. The molecule has 0 radical (unpaired) electrons. The molecule has 1 aromatic carbocycles. The molecule has 0 saturated carbocycles. The molecule has 1 rings (SSSR count). The molecular formula is C9H6FNS. The highest BCUT2D eigenvalue weighted by atomic mass is 32.1. The molecule has 0 atom stereocenters. The average molecular weight is 179 g/mol. The van der Waals surface area contributed by atoms with Crippen molar-refractivity contribution in [2.75, 3.05) is 0 Å². The Labute approximate surface area is 75.5 Å². The quantitative estimate of drug-likeness (QED) is 0.520. The van der Waals surface area contributed by atoms with Gasteiger partial charge in [0.05, 0.1) is 5.57 Å². The van der Waals surface area contributed by atoms with Crippen molar-refractivity contribution in [2.45, 2.75) is 0 Å². The Morgan fingerprint density at radius 1 is 1.42 bits per heavy atom. The van der Waals surface area contributed by atoms with Crippen molar-refractivity contribution in [3.63, 3.8) is 0 Å². The van der Waals surface area contributed by atoms with Crippen LogP contribution in [0.5, 0.6) is 0 Å². The molecule has 1 nitrogen and oxygen atoms in total. The van der Waals surface area contributed by atoms with Crippen molar-refractivity contribution in [3.05, 3.63) is 41.1 Å². The van der Waals surface area contributed by atoms with E-state index in [1.807, 2.05) is 6.07 Å². The minimum atomic E-state index is -0.310. The van der Waals surface area contributed by atoms with Gasteiger partial charge in [0.15, 0.2) is 0 Å². The Morgan fingerprint density at radius 2 is 2.00 bits per heavy atom. The second-order valence-corrected chi connectivity index (χ2v) is 2.42. The average Bonchev–Trinajstić information content (AvgIpc) is 2.10. The highest BCUT2D eigenvalue weighted by molar-refractivity contribution is 7.83. The molecule has 0 fully saturated rings. The van der Waals surface area contributed by atoms with Crippen LogP contribution in [0.3, 0.4) is 0 Å². The Bertz CT molecular complexity index is 335. The topological polar surface area (TPSA) is 23.8 Å². The summed E-state index contributed by atoms with van der Waals surface area (Å²) in [6.07, 6.45) is 0. The Balaban J connectivity index is 3.06. The first-order valence-corrected chi connectivity index (χ1v) is 3.80. The van der Waals surface area contributed by atoms with Crippen molar-refractivity contribution in [1.29, 1.82) is 5.26 Å². The van der Waals surface area contributed by atoms with Gasteiger partial charge >= 0.3 is 0 Å². The minimum absolute atomic E-state index is 0.310. The molecule has 0 aliphatic rings. The standard InChI is InChI=1S/C9H6FNS/c10-9-3-1-7(2-4-9)8(5-11)6-12/h1-4,6,12H/b8-6+. The van der Waals surface area contributed by atoms with Crippen LogP contribution in [0.1, 0.15) is 5.56 Å². The fourth-order valence-corrected chi connectivity index (χ4v) is 1.00. The third-order valence-corrected chi connectivity index (χ3v) is 1.66. The first kappa shape index (κ1) is 8.82. The Morgan fingerprint density at radius 3 is 2.42 bits per heavy atom. The van der Waals surface area contributed by atoms with E-state index in [4.69, 9.17) is 5.26 Å². The zero-order chi connectivity index (χ0) is 8.97. The van der Waals surface area contributed by atoms with Crippen LogP contribution < -0.4 is 0 Å². The highest BCUT2D eigenvalue weighted by Gasteiger charge is 1.98. The molecule has 3 heteroatoms. The second kappa shape index (κ2) is 3.93. The lowest BCUT2D eigenvalue weighted by atomic mass is 10.1. The summed E-state index contributed by atoms with van der Waals surface area (Å²) in [6, 6.07) is 7.65. The molecule has 0 unspecified atom stereocenters. The van der Waals surface area contributed by atoms with Crippen molar-refractivity contribution < 1.29 is 4.39 Å². The number of benzene rings is 1. The van der Waals surface area contributed by atoms with Crippen molar-refractivity contribution in [1.82, 2.24) is 0 Å². The van der Waals surface area contributed by atoms with Crippen molar-refractivity contribution in [3.8, 4) is 6.07 Å². The normalized spacial score (nSPS) is 10.9. The first-order valence-electron chi connectivity index (χ1n) is 3.28. The van der Waals surface area contributed by atoms with E-state index in [0.29, 0.717) is 11.1 Å². The summed E-state index contributed by atoms with van der Waals surface area (Å²) in [7, 11) is 0. The summed E-state index contributed by atoms with van der Waals surface area (Å²) in [5.74, 6) is -0.310. The molecule has 0 saturated heterocycles. The molecule has 0 spiro atoms. The predicted octanol–water partition coefficient (Wildman–Crippen LogP) is 2.62. The number of thiol groups is 1. The SMILES string of the molecule is N#C/C(=C\S)c1ccc(F)cc1. The molecule has 0 heterocycles. The fourth-order valence-electron chi connectivity index (χ4n) is 0.797. The van der Waals surface area contributed by atoms with Crippen LogP contribution in [0.4, 0.5) is 4.39 Å². The fraction of sp³-hybridized carbons (Fsp3) is 0. The molecule has 0 bridgehead atoms. The molecule has 12 heavy (non-hydrogen) atoms. The largest absolute Gasteiger partial charge is 0.207 e. The van der Waals surface area contributed by atoms with Gasteiger partial charge in [0.25, 0.3) is 0 Å². The molecule has 0 aliphatic heterocycles. The maximum Gasteiger partial charge on any atom is 0.123 e. The molecule has 0 aromatic heterocycles. The van der Waals surface area contributed by atoms with Crippen LogP contribution in [0.2, 0.25) is 0 Å². The van der Waals surface area contributed by atoms with E-state index in [2.05, 4.69) is 12.6 Å². The van der Waals surface area contributed by atoms with Crippen LogP contribution in [-0.4, -0.2) is 0 Å². The van der Waals surface area contributed by atoms with Gasteiger partial charge in [-0.15, -0.1) is 0 Å². The van der Waals surface area contributed by atoms with Crippen LogP contribution in [0.25, 0.3) is 5.57 Å².